The van der Waals surface area contributed by atoms with Crippen LogP contribution in [0, 0.1) is 6.92 Å². The van der Waals surface area contributed by atoms with Gasteiger partial charge in [-0.05, 0) is 32.1 Å². The van der Waals surface area contributed by atoms with Crippen molar-refractivity contribution in [2.24, 2.45) is 4.99 Å². The summed E-state index contributed by atoms with van der Waals surface area (Å²) in [6, 6.07) is 3.55. The molecular formula is C14H16ClN3. The highest BCUT2D eigenvalue weighted by atomic mass is 35.5. The summed E-state index contributed by atoms with van der Waals surface area (Å²) < 4.78 is 0. The molecular weight excluding hydrogens is 246 g/mol. The van der Waals surface area contributed by atoms with Crippen molar-refractivity contribution in [2.75, 3.05) is 0 Å². The Morgan fingerprint density at radius 2 is 2.22 bits per heavy atom. The molecule has 0 aliphatic heterocycles. The van der Waals surface area contributed by atoms with Crippen LogP contribution in [-0.2, 0) is 0 Å². The van der Waals surface area contributed by atoms with Crippen molar-refractivity contribution in [3.8, 4) is 0 Å². The summed E-state index contributed by atoms with van der Waals surface area (Å²) in [6.07, 6.45) is 5.31. The number of nitrogens with one attached hydrogen (secondary N) is 1. The van der Waals surface area contributed by atoms with Gasteiger partial charge in [-0.1, -0.05) is 36.9 Å². The molecule has 0 unspecified atom stereocenters. The number of nitrogens with zero attached hydrogens (tertiary/aromatic N) is 2. The van der Waals surface area contributed by atoms with E-state index in [1.54, 1.807) is 18.2 Å². The third-order valence-electron chi connectivity index (χ3n) is 2.09. The van der Waals surface area contributed by atoms with Crippen LogP contribution in [-0.4, -0.2) is 10.8 Å². The minimum Gasteiger partial charge on any atom is -0.344 e. The van der Waals surface area contributed by atoms with Crippen LogP contribution in [0.15, 0.2) is 54.2 Å². The van der Waals surface area contributed by atoms with Crippen molar-refractivity contribution in [3.63, 3.8) is 0 Å². The van der Waals surface area contributed by atoms with Gasteiger partial charge >= 0.3 is 0 Å². The van der Waals surface area contributed by atoms with E-state index in [0.717, 1.165) is 22.9 Å². The first-order valence-electron chi connectivity index (χ1n) is 5.46. The van der Waals surface area contributed by atoms with Crippen LogP contribution in [0.2, 0.25) is 5.15 Å². The molecule has 0 aliphatic rings. The van der Waals surface area contributed by atoms with E-state index >= 15 is 0 Å². The van der Waals surface area contributed by atoms with Crippen LogP contribution in [0.25, 0.3) is 0 Å². The number of pyridine rings is 1. The maximum Gasteiger partial charge on any atom is 0.129 e. The smallest absolute Gasteiger partial charge is 0.129 e. The zero-order valence-corrected chi connectivity index (χ0v) is 11.3. The van der Waals surface area contributed by atoms with Gasteiger partial charge in [-0.2, -0.15) is 0 Å². The van der Waals surface area contributed by atoms with Crippen molar-refractivity contribution >= 4 is 23.1 Å². The number of amidine groups is 1. The molecule has 94 valence electrons. The van der Waals surface area contributed by atoms with Crippen molar-refractivity contribution in [1.29, 1.82) is 0 Å². The molecule has 0 bridgehead atoms. The molecule has 0 amide bonds. The van der Waals surface area contributed by atoms with Crippen molar-refractivity contribution in [2.45, 2.75) is 13.8 Å². The fraction of sp³-hybridized carbons (Fsp3) is 0.143. The Morgan fingerprint density at radius 1 is 1.50 bits per heavy atom. The van der Waals surface area contributed by atoms with Gasteiger partial charge in [0.05, 0.1) is 11.4 Å². The summed E-state index contributed by atoms with van der Waals surface area (Å²) in [5.41, 5.74) is 2.32. The lowest BCUT2D eigenvalue weighted by Crippen LogP contribution is -2.17. The zero-order valence-electron chi connectivity index (χ0n) is 10.6. The first kappa shape index (κ1) is 14.2. The second-order valence-electron chi connectivity index (χ2n) is 3.68. The monoisotopic (exact) mass is 261 g/mol. The van der Waals surface area contributed by atoms with E-state index < -0.39 is 0 Å². The number of halogens is 1. The first-order valence-corrected chi connectivity index (χ1v) is 5.84. The molecule has 4 heteroatoms. The predicted molar refractivity (Wildman–Crippen MR) is 78.4 cm³/mol. The van der Waals surface area contributed by atoms with Crippen molar-refractivity contribution in [3.05, 3.63) is 60.1 Å². The number of allylic oxidation sites excluding steroid dienone is 3. The molecule has 0 aromatic carbocycles. The summed E-state index contributed by atoms with van der Waals surface area (Å²) in [5, 5.41) is 3.53. The molecule has 0 fully saturated rings. The molecule has 1 aromatic rings. The van der Waals surface area contributed by atoms with E-state index in [4.69, 9.17) is 11.6 Å². The molecule has 0 radical (unpaired) electrons. The number of aromatic nitrogens is 1. The molecule has 0 spiro atoms. The molecule has 0 atom stereocenters. The second kappa shape index (κ2) is 6.77. The van der Waals surface area contributed by atoms with E-state index in [1.807, 2.05) is 26.0 Å². The Hall–Kier alpha value is -1.87. The van der Waals surface area contributed by atoms with E-state index in [1.165, 1.54) is 0 Å². The van der Waals surface area contributed by atoms with Crippen molar-refractivity contribution in [1.82, 2.24) is 10.3 Å². The van der Waals surface area contributed by atoms with Gasteiger partial charge in [-0.25, -0.2) is 9.98 Å². The number of hydrogen-bond acceptors (Lipinski definition) is 2. The highest BCUT2D eigenvalue weighted by molar-refractivity contribution is 6.29. The quantitative estimate of drug-likeness (QED) is 0.386. The van der Waals surface area contributed by atoms with Gasteiger partial charge in [0.25, 0.3) is 0 Å². The highest BCUT2D eigenvalue weighted by Crippen LogP contribution is 2.18. The third-order valence-corrected chi connectivity index (χ3v) is 2.30. The van der Waals surface area contributed by atoms with Gasteiger partial charge in [0.2, 0.25) is 0 Å². The van der Waals surface area contributed by atoms with Crippen LogP contribution in [0.4, 0.5) is 5.69 Å². The lowest BCUT2D eigenvalue weighted by atomic mass is 10.3. The van der Waals surface area contributed by atoms with Crippen molar-refractivity contribution < 1.29 is 0 Å². The summed E-state index contributed by atoms with van der Waals surface area (Å²) in [4.78, 5) is 8.55. The lowest BCUT2D eigenvalue weighted by Gasteiger charge is -2.06. The third kappa shape index (κ3) is 4.55. The predicted octanol–water partition coefficient (Wildman–Crippen LogP) is 3.94. The van der Waals surface area contributed by atoms with Crippen LogP contribution in [0.5, 0.6) is 0 Å². The van der Waals surface area contributed by atoms with E-state index in [-0.39, 0.29) is 0 Å². The summed E-state index contributed by atoms with van der Waals surface area (Å²) in [5.74, 6) is 0.737. The Kier molecular flexibility index (Phi) is 5.33. The number of aryl methyl sites for hydroxylation is 1. The Balaban J connectivity index is 2.79. The SMILES string of the molecule is C=C/C=C\C(=C)NC(C)=Nc1ccc(Cl)nc1C. The van der Waals surface area contributed by atoms with Gasteiger partial charge in [0.1, 0.15) is 11.0 Å². The Bertz CT molecular complexity index is 516. The molecule has 1 aromatic heterocycles. The largest absolute Gasteiger partial charge is 0.344 e. The maximum atomic E-state index is 5.79. The molecule has 1 N–H and O–H groups in total. The van der Waals surface area contributed by atoms with Crippen LogP contribution >= 0.6 is 11.6 Å². The maximum absolute atomic E-state index is 5.79. The topological polar surface area (TPSA) is 37.3 Å². The van der Waals surface area contributed by atoms with E-state index in [9.17, 15) is 0 Å². The summed E-state index contributed by atoms with van der Waals surface area (Å²) in [7, 11) is 0. The van der Waals surface area contributed by atoms with Crippen LogP contribution in [0.1, 0.15) is 12.6 Å². The second-order valence-corrected chi connectivity index (χ2v) is 4.07. The van der Waals surface area contributed by atoms with Crippen LogP contribution in [0.3, 0.4) is 0 Å². The number of hydrogen-bond donors (Lipinski definition) is 1. The minimum atomic E-state index is 0.468. The van der Waals surface area contributed by atoms with Gasteiger partial charge in [0, 0.05) is 5.70 Å². The fourth-order valence-electron chi connectivity index (χ4n) is 1.31. The molecule has 18 heavy (non-hydrogen) atoms. The first-order chi connectivity index (χ1) is 8.52. The molecule has 1 heterocycles. The van der Waals surface area contributed by atoms with Gasteiger partial charge in [0.15, 0.2) is 0 Å². The standard InChI is InChI=1S/C14H16ClN3/c1-5-6-7-10(2)16-12(4)18-13-8-9-14(15)17-11(13)3/h5-9H,1-2H2,3-4H3,(H,16,18)/b7-6-. The normalized spacial score (nSPS) is 11.6. The lowest BCUT2D eigenvalue weighted by molar-refractivity contribution is 1.14. The Morgan fingerprint density at radius 3 is 2.83 bits per heavy atom. The average Bonchev–Trinajstić information content (AvgIpc) is 2.30. The Labute approximate surface area is 113 Å². The summed E-state index contributed by atoms with van der Waals surface area (Å²) in [6.45, 7) is 11.2. The van der Waals surface area contributed by atoms with Gasteiger partial charge in [-0.15, -0.1) is 0 Å². The van der Waals surface area contributed by atoms with E-state index in [2.05, 4.69) is 28.5 Å². The number of rotatable bonds is 4. The zero-order chi connectivity index (χ0) is 13.5. The molecule has 0 saturated carbocycles. The number of aliphatic imine (C=N–C) groups is 1. The van der Waals surface area contributed by atoms with Gasteiger partial charge in [-0.3, -0.25) is 0 Å². The molecule has 0 aliphatic carbocycles. The molecule has 0 saturated heterocycles. The average molecular weight is 262 g/mol. The van der Waals surface area contributed by atoms with Gasteiger partial charge < -0.3 is 5.32 Å². The van der Waals surface area contributed by atoms with Crippen LogP contribution < -0.4 is 5.32 Å². The molecule has 3 nitrogen and oxygen atoms in total. The fourth-order valence-corrected chi connectivity index (χ4v) is 1.50. The summed E-state index contributed by atoms with van der Waals surface area (Å²) >= 11 is 5.79. The molecule has 1 rings (SSSR count). The highest BCUT2D eigenvalue weighted by Gasteiger charge is 2.00. The van der Waals surface area contributed by atoms with E-state index in [0.29, 0.717) is 5.15 Å². The minimum absolute atomic E-state index is 0.468.